The fourth-order valence-corrected chi connectivity index (χ4v) is 1.77. The Kier molecular flexibility index (Phi) is 6.69. The molecule has 0 aromatic carbocycles. The summed E-state index contributed by atoms with van der Waals surface area (Å²) in [5.41, 5.74) is -0.152. The zero-order chi connectivity index (χ0) is 18.3. The van der Waals surface area contributed by atoms with E-state index in [4.69, 9.17) is 4.74 Å². The number of alkyl carbamates (subject to hydrolysis) is 1. The zero-order valence-electron chi connectivity index (χ0n) is 14.2. The summed E-state index contributed by atoms with van der Waals surface area (Å²) in [5, 5.41) is 14.0. The molecule has 24 heavy (non-hydrogen) atoms. The third kappa shape index (κ3) is 7.08. The predicted octanol–water partition coefficient (Wildman–Crippen LogP) is 1.11. The van der Waals surface area contributed by atoms with E-state index in [0.29, 0.717) is 5.69 Å². The number of carbonyl (C=O) groups excluding carboxylic acids is 2. The summed E-state index contributed by atoms with van der Waals surface area (Å²) < 4.78 is 5.05. The highest BCUT2D eigenvalue weighted by molar-refractivity contribution is 5.89. The quantitative estimate of drug-likeness (QED) is 0.715. The van der Waals surface area contributed by atoms with Crippen LogP contribution in [0.2, 0.25) is 0 Å². The molecule has 0 fully saturated rings. The van der Waals surface area contributed by atoms with Crippen molar-refractivity contribution < 1.29 is 24.2 Å². The normalized spacial score (nSPS) is 13.5. The summed E-state index contributed by atoms with van der Waals surface area (Å²) in [4.78, 5) is 39.1. The van der Waals surface area contributed by atoms with Crippen LogP contribution in [-0.4, -0.2) is 45.7 Å². The third-order valence-electron chi connectivity index (χ3n) is 2.88. The molecule has 1 rings (SSSR count). The molecule has 0 radical (unpaired) electrons. The lowest BCUT2D eigenvalue weighted by atomic mass is 10.1. The second-order valence-corrected chi connectivity index (χ2v) is 6.29. The Morgan fingerprint density at radius 3 is 2.42 bits per heavy atom. The number of hydrogen-bond acceptors (Lipinski definition) is 5. The number of hydrogen-bond donors (Lipinski definition) is 3. The van der Waals surface area contributed by atoms with Crippen LogP contribution in [0, 0.1) is 0 Å². The molecule has 0 saturated heterocycles. The second kappa shape index (κ2) is 8.28. The van der Waals surface area contributed by atoms with E-state index in [-0.39, 0.29) is 6.42 Å². The maximum absolute atomic E-state index is 12.1. The molecule has 0 aliphatic rings. The minimum Gasteiger partial charge on any atom is -0.480 e. The van der Waals surface area contributed by atoms with Gasteiger partial charge in [-0.1, -0.05) is 6.07 Å². The van der Waals surface area contributed by atoms with Crippen molar-refractivity contribution in [1.29, 1.82) is 0 Å². The van der Waals surface area contributed by atoms with E-state index >= 15 is 0 Å². The molecule has 2 atom stereocenters. The van der Waals surface area contributed by atoms with Gasteiger partial charge in [0.1, 0.15) is 17.7 Å². The van der Waals surface area contributed by atoms with E-state index in [1.54, 1.807) is 45.2 Å². The SMILES string of the molecule is C[C@H](NC(=O)OC(C)(C)C)C(=O)NC(Cc1ccccn1)C(=O)O. The lowest BCUT2D eigenvalue weighted by molar-refractivity contribution is -0.142. The van der Waals surface area contributed by atoms with Crippen LogP contribution in [0.3, 0.4) is 0 Å². The molecule has 1 aromatic rings. The second-order valence-electron chi connectivity index (χ2n) is 6.29. The molecule has 0 bridgehead atoms. The first-order valence-corrected chi connectivity index (χ1v) is 7.51. The van der Waals surface area contributed by atoms with Gasteiger partial charge in [-0.05, 0) is 39.8 Å². The highest BCUT2D eigenvalue weighted by atomic mass is 16.6. The summed E-state index contributed by atoms with van der Waals surface area (Å²) in [7, 11) is 0. The van der Waals surface area contributed by atoms with Crippen molar-refractivity contribution in [2.75, 3.05) is 0 Å². The van der Waals surface area contributed by atoms with E-state index in [2.05, 4.69) is 15.6 Å². The maximum Gasteiger partial charge on any atom is 0.408 e. The Bertz CT molecular complexity index is 583. The van der Waals surface area contributed by atoms with Gasteiger partial charge in [-0.25, -0.2) is 9.59 Å². The number of ether oxygens (including phenoxy) is 1. The van der Waals surface area contributed by atoms with Crippen LogP contribution >= 0.6 is 0 Å². The molecule has 3 N–H and O–H groups in total. The Labute approximate surface area is 140 Å². The number of aromatic nitrogens is 1. The molecule has 8 heteroatoms. The van der Waals surface area contributed by atoms with Crippen molar-refractivity contribution in [2.45, 2.75) is 51.8 Å². The Hall–Kier alpha value is -2.64. The molecule has 1 heterocycles. The van der Waals surface area contributed by atoms with Gasteiger partial charge in [0.05, 0.1) is 0 Å². The number of amides is 2. The minimum atomic E-state index is -1.18. The average molecular weight is 337 g/mol. The van der Waals surface area contributed by atoms with Gasteiger partial charge in [-0.3, -0.25) is 9.78 Å². The first-order chi connectivity index (χ1) is 11.1. The smallest absolute Gasteiger partial charge is 0.408 e. The highest BCUT2D eigenvalue weighted by Crippen LogP contribution is 2.07. The first kappa shape index (κ1) is 19.4. The fourth-order valence-electron chi connectivity index (χ4n) is 1.77. The molecular formula is C16H23N3O5. The number of rotatable bonds is 6. The van der Waals surface area contributed by atoms with Crippen LogP contribution in [0.5, 0.6) is 0 Å². The summed E-state index contributed by atoms with van der Waals surface area (Å²) >= 11 is 0. The monoisotopic (exact) mass is 337 g/mol. The standard InChI is InChI=1S/C16H23N3O5/c1-10(18-15(23)24-16(2,3)4)13(20)19-12(14(21)22)9-11-7-5-6-8-17-11/h5-8,10,12H,9H2,1-4H3,(H,18,23)(H,19,20)(H,21,22)/t10-,12?/m0/s1. The van der Waals surface area contributed by atoms with Crippen molar-refractivity contribution in [3.63, 3.8) is 0 Å². The van der Waals surface area contributed by atoms with Gasteiger partial charge in [0.2, 0.25) is 5.91 Å². The van der Waals surface area contributed by atoms with Gasteiger partial charge in [-0.15, -0.1) is 0 Å². The number of pyridine rings is 1. The van der Waals surface area contributed by atoms with Crippen molar-refractivity contribution >= 4 is 18.0 Å². The van der Waals surface area contributed by atoms with Crippen LogP contribution in [0.4, 0.5) is 4.79 Å². The van der Waals surface area contributed by atoms with Crippen molar-refractivity contribution in [3.05, 3.63) is 30.1 Å². The summed E-state index contributed by atoms with van der Waals surface area (Å²) in [6, 6.07) is 3.03. The molecule has 2 amide bonds. The molecule has 0 spiro atoms. The third-order valence-corrected chi connectivity index (χ3v) is 2.88. The number of nitrogens with zero attached hydrogens (tertiary/aromatic N) is 1. The summed E-state index contributed by atoms with van der Waals surface area (Å²) in [5.74, 6) is -1.80. The maximum atomic E-state index is 12.1. The van der Waals surface area contributed by atoms with Crippen molar-refractivity contribution in [2.24, 2.45) is 0 Å². The van der Waals surface area contributed by atoms with Gasteiger partial charge < -0.3 is 20.5 Å². The molecular weight excluding hydrogens is 314 g/mol. The number of carbonyl (C=O) groups is 3. The molecule has 8 nitrogen and oxygen atoms in total. The molecule has 1 aromatic heterocycles. The fraction of sp³-hybridized carbons (Fsp3) is 0.500. The largest absolute Gasteiger partial charge is 0.480 e. The lowest BCUT2D eigenvalue weighted by Crippen LogP contribution is -2.51. The topological polar surface area (TPSA) is 118 Å². The van der Waals surface area contributed by atoms with Gasteiger partial charge in [0.25, 0.3) is 0 Å². The van der Waals surface area contributed by atoms with Crippen LogP contribution in [0.1, 0.15) is 33.4 Å². The Morgan fingerprint density at radius 1 is 1.25 bits per heavy atom. The molecule has 0 aliphatic carbocycles. The average Bonchev–Trinajstić information content (AvgIpc) is 2.45. The number of nitrogens with one attached hydrogen (secondary N) is 2. The van der Waals surface area contributed by atoms with Gasteiger partial charge >= 0.3 is 12.1 Å². The molecule has 0 aliphatic heterocycles. The van der Waals surface area contributed by atoms with E-state index in [1.165, 1.54) is 6.92 Å². The Balaban J connectivity index is 2.61. The number of aliphatic carboxylic acids is 1. The Morgan fingerprint density at radius 2 is 1.92 bits per heavy atom. The van der Waals surface area contributed by atoms with E-state index in [9.17, 15) is 19.5 Å². The lowest BCUT2D eigenvalue weighted by Gasteiger charge is -2.22. The summed E-state index contributed by atoms with van der Waals surface area (Å²) in [6.45, 7) is 6.54. The summed E-state index contributed by atoms with van der Waals surface area (Å²) in [6.07, 6.45) is 0.839. The minimum absolute atomic E-state index is 0.0427. The molecule has 0 saturated carbocycles. The van der Waals surface area contributed by atoms with E-state index < -0.39 is 35.7 Å². The van der Waals surface area contributed by atoms with Crippen molar-refractivity contribution in [1.82, 2.24) is 15.6 Å². The molecule has 132 valence electrons. The highest BCUT2D eigenvalue weighted by Gasteiger charge is 2.26. The van der Waals surface area contributed by atoms with Gasteiger partial charge in [0.15, 0.2) is 0 Å². The van der Waals surface area contributed by atoms with Crippen LogP contribution in [0.15, 0.2) is 24.4 Å². The van der Waals surface area contributed by atoms with Crippen LogP contribution in [-0.2, 0) is 20.7 Å². The van der Waals surface area contributed by atoms with E-state index in [1.807, 2.05) is 0 Å². The first-order valence-electron chi connectivity index (χ1n) is 7.51. The number of carboxylic acids is 1. The predicted molar refractivity (Wildman–Crippen MR) is 86.3 cm³/mol. The van der Waals surface area contributed by atoms with Gasteiger partial charge in [-0.2, -0.15) is 0 Å². The van der Waals surface area contributed by atoms with Crippen LogP contribution < -0.4 is 10.6 Å². The number of carboxylic acid groups (broad SMARTS) is 1. The molecule has 1 unspecified atom stereocenters. The van der Waals surface area contributed by atoms with E-state index in [0.717, 1.165) is 0 Å². The van der Waals surface area contributed by atoms with Gasteiger partial charge in [0, 0.05) is 18.3 Å². The zero-order valence-corrected chi connectivity index (χ0v) is 14.2. The van der Waals surface area contributed by atoms with Crippen molar-refractivity contribution in [3.8, 4) is 0 Å². The van der Waals surface area contributed by atoms with Crippen LogP contribution in [0.25, 0.3) is 0 Å².